The van der Waals surface area contributed by atoms with Crippen molar-refractivity contribution in [1.29, 1.82) is 0 Å². The number of carbonyl (C=O) groups excluding carboxylic acids is 1. The third-order valence-corrected chi connectivity index (χ3v) is 5.59. The lowest BCUT2D eigenvalue weighted by Crippen LogP contribution is -2.13. The molecule has 2 aromatic carbocycles. The number of rotatable bonds is 18. The third kappa shape index (κ3) is 13.8. The number of unbranched alkanes of at least 4 members (excludes halogenated alkanes) is 8. The first-order chi connectivity index (χ1) is 17.6. The number of nitrogens with zero attached hydrogens (tertiary/aromatic N) is 1. The first-order valence-electron chi connectivity index (χ1n) is 13.1. The molecule has 0 fully saturated rings. The number of aliphatic hydroxyl groups is 2. The van der Waals surface area contributed by atoms with Crippen molar-refractivity contribution in [2.75, 3.05) is 19.8 Å². The van der Waals surface area contributed by atoms with Gasteiger partial charge < -0.3 is 19.7 Å². The lowest BCUT2D eigenvalue weighted by molar-refractivity contribution is -0.140. The Morgan fingerprint density at radius 1 is 0.861 bits per heavy atom. The fourth-order valence-electron chi connectivity index (χ4n) is 3.53. The molecular formula is C30H41NO5. The molecular weight excluding hydrogens is 454 g/mol. The number of hydrogen-bond donors (Lipinski definition) is 2. The van der Waals surface area contributed by atoms with Crippen LogP contribution in [0.3, 0.4) is 0 Å². The van der Waals surface area contributed by atoms with E-state index in [9.17, 15) is 4.79 Å². The maximum absolute atomic E-state index is 11.6. The van der Waals surface area contributed by atoms with Crippen LogP contribution in [-0.4, -0.2) is 48.3 Å². The Kier molecular flexibility index (Phi) is 14.9. The lowest BCUT2D eigenvalue weighted by atomic mass is 10.1. The summed E-state index contributed by atoms with van der Waals surface area (Å²) in [5, 5.41) is 17.9. The molecule has 0 unspecified atom stereocenters. The Bertz CT molecular complexity index is 904. The van der Waals surface area contributed by atoms with Crippen molar-refractivity contribution >= 4 is 23.9 Å². The van der Waals surface area contributed by atoms with Crippen LogP contribution in [0.4, 0.5) is 5.69 Å². The van der Waals surface area contributed by atoms with Gasteiger partial charge in [-0.05, 0) is 73.4 Å². The largest absolute Gasteiger partial charge is 0.494 e. The van der Waals surface area contributed by atoms with Crippen molar-refractivity contribution in [3.8, 4) is 5.75 Å². The SMILES string of the molecule is C[C@H](O)COC(=O)/C=C/c1ccc(N=Cc2ccc(OCCCCCCCCCCCO)cc2)cc1. The maximum atomic E-state index is 11.6. The molecule has 36 heavy (non-hydrogen) atoms. The van der Waals surface area contributed by atoms with Crippen LogP contribution in [0.2, 0.25) is 0 Å². The first kappa shape index (κ1) is 29.3. The van der Waals surface area contributed by atoms with Gasteiger partial charge in [0.2, 0.25) is 0 Å². The minimum Gasteiger partial charge on any atom is -0.494 e. The van der Waals surface area contributed by atoms with Crippen LogP contribution in [0.5, 0.6) is 5.75 Å². The quantitative estimate of drug-likeness (QED) is 0.110. The Labute approximate surface area is 215 Å². The smallest absolute Gasteiger partial charge is 0.330 e. The number of ether oxygens (including phenoxy) is 2. The summed E-state index contributed by atoms with van der Waals surface area (Å²) in [4.78, 5) is 16.1. The van der Waals surface area contributed by atoms with Crippen LogP contribution >= 0.6 is 0 Å². The highest BCUT2D eigenvalue weighted by atomic mass is 16.5. The number of aliphatic hydroxyl groups excluding tert-OH is 2. The number of aliphatic imine (C=N–C) groups is 1. The molecule has 0 saturated carbocycles. The van der Waals surface area contributed by atoms with Crippen LogP contribution in [-0.2, 0) is 9.53 Å². The minimum atomic E-state index is -0.674. The Hall–Kier alpha value is -2.96. The molecule has 0 aliphatic heterocycles. The van der Waals surface area contributed by atoms with Gasteiger partial charge in [-0.1, -0.05) is 57.1 Å². The Morgan fingerprint density at radius 3 is 2.06 bits per heavy atom. The molecule has 6 heteroatoms. The first-order valence-corrected chi connectivity index (χ1v) is 13.1. The lowest BCUT2D eigenvalue weighted by Gasteiger charge is -2.06. The molecule has 0 amide bonds. The Balaban J connectivity index is 1.63. The normalized spacial score (nSPS) is 12.3. The summed E-state index contributed by atoms with van der Waals surface area (Å²) in [5.74, 6) is 0.390. The van der Waals surface area contributed by atoms with E-state index in [1.165, 1.54) is 44.6 Å². The van der Waals surface area contributed by atoms with Crippen LogP contribution < -0.4 is 4.74 Å². The molecule has 0 radical (unpaired) electrons. The summed E-state index contributed by atoms with van der Waals surface area (Å²) < 4.78 is 10.7. The summed E-state index contributed by atoms with van der Waals surface area (Å²) >= 11 is 0. The molecule has 0 saturated heterocycles. The predicted molar refractivity (Wildman–Crippen MR) is 146 cm³/mol. The van der Waals surface area contributed by atoms with E-state index < -0.39 is 12.1 Å². The highest BCUT2D eigenvalue weighted by Crippen LogP contribution is 2.16. The summed E-state index contributed by atoms with van der Waals surface area (Å²) in [7, 11) is 0. The molecule has 2 aromatic rings. The average Bonchev–Trinajstić information content (AvgIpc) is 2.89. The van der Waals surface area contributed by atoms with Crippen molar-refractivity contribution in [2.24, 2.45) is 4.99 Å². The fraction of sp³-hybridized carbons (Fsp3) is 0.467. The maximum Gasteiger partial charge on any atom is 0.330 e. The Morgan fingerprint density at radius 2 is 1.44 bits per heavy atom. The fourth-order valence-corrected chi connectivity index (χ4v) is 3.53. The summed E-state index contributed by atoms with van der Waals surface area (Å²) in [6, 6.07) is 15.4. The van der Waals surface area contributed by atoms with Gasteiger partial charge in [-0.2, -0.15) is 0 Å². The van der Waals surface area contributed by atoms with E-state index in [1.807, 2.05) is 54.7 Å². The molecule has 196 valence electrons. The van der Waals surface area contributed by atoms with Crippen molar-refractivity contribution < 1.29 is 24.5 Å². The van der Waals surface area contributed by atoms with Crippen LogP contribution in [0, 0.1) is 0 Å². The monoisotopic (exact) mass is 495 g/mol. The average molecular weight is 496 g/mol. The second-order valence-corrected chi connectivity index (χ2v) is 8.99. The van der Waals surface area contributed by atoms with Gasteiger partial charge >= 0.3 is 5.97 Å². The number of benzene rings is 2. The molecule has 0 bridgehead atoms. The van der Waals surface area contributed by atoms with Gasteiger partial charge in [-0.3, -0.25) is 4.99 Å². The van der Waals surface area contributed by atoms with Gasteiger partial charge in [0.15, 0.2) is 0 Å². The molecule has 0 aliphatic carbocycles. The zero-order valence-corrected chi connectivity index (χ0v) is 21.5. The highest BCUT2D eigenvalue weighted by Gasteiger charge is 2.01. The van der Waals surface area contributed by atoms with Gasteiger partial charge in [-0.25, -0.2) is 4.79 Å². The zero-order valence-electron chi connectivity index (χ0n) is 21.5. The second-order valence-electron chi connectivity index (χ2n) is 8.99. The molecule has 0 aromatic heterocycles. The number of hydrogen-bond acceptors (Lipinski definition) is 6. The predicted octanol–water partition coefficient (Wildman–Crippen LogP) is 6.26. The van der Waals surface area contributed by atoms with Crippen molar-refractivity contribution in [3.05, 3.63) is 65.7 Å². The third-order valence-electron chi connectivity index (χ3n) is 5.59. The second kappa shape index (κ2) is 18.3. The molecule has 2 rings (SSSR count). The van der Waals surface area contributed by atoms with Crippen molar-refractivity contribution in [2.45, 2.75) is 70.8 Å². The van der Waals surface area contributed by atoms with E-state index in [4.69, 9.17) is 19.7 Å². The van der Waals surface area contributed by atoms with E-state index in [2.05, 4.69) is 4.99 Å². The van der Waals surface area contributed by atoms with Crippen molar-refractivity contribution in [1.82, 2.24) is 0 Å². The molecule has 6 nitrogen and oxygen atoms in total. The molecule has 0 heterocycles. The summed E-state index contributed by atoms with van der Waals surface area (Å²) in [6.45, 7) is 2.61. The van der Waals surface area contributed by atoms with E-state index in [0.717, 1.165) is 48.4 Å². The summed E-state index contributed by atoms with van der Waals surface area (Å²) in [5.41, 5.74) is 2.67. The summed E-state index contributed by atoms with van der Waals surface area (Å²) in [6.07, 6.45) is 14.8. The molecule has 0 aliphatic rings. The molecule has 1 atom stereocenters. The van der Waals surface area contributed by atoms with Crippen LogP contribution in [0.25, 0.3) is 6.08 Å². The van der Waals surface area contributed by atoms with Crippen LogP contribution in [0.15, 0.2) is 59.6 Å². The number of carbonyl (C=O) groups is 1. The topological polar surface area (TPSA) is 88.4 Å². The van der Waals surface area contributed by atoms with Gasteiger partial charge in [0, 0.05) is 18.9 Å². The minimum absolute atomic E-state index is 0.0157. The van der Waals surface area contributed by atoms with E-state index in [1.54, 1.807) is 13.0 Å². The van der Waals surface area contributed by atoms with Gasteiger partial charge in [0.05, 0.1) is 18.4 Å². The van der Waals surface area contributed by atoms with Gasteiger partial charge in [-0.15, -0.1) is 0 Å². The standard InChI is InChI=1S/C30H41NO5/c1-25(33)24-36-30(34)20-15-26-11-16-28(17-12-26)31-23-27-13-18-29(19-14-27)35-22-10-8-6-4-2-3-5-7-9-21-32/h11-20,23,25,32-33H,2-10,21-22,24H2,1H3/b20-15+,31-23?/t25-/m0/s1. The van der Waals surface area contributed by atoms with E-state index >= 15 is 0 Å². The van der Waals surface area contributed by atoms with E-state index in [0.29, 0.717) is 6.61 Å². The molecule has 0 spiro atoms. The van der Waals surface area contributed by atoms with Crippen molar-refractivity contribution in [3.63, 3.8) is 0 Å². The molecule has 2 N–H and O–H groups in total. The van der Waals surface area contributed by atoms with Gasteiger partial charge in [0.25, 0.3) is 0 Å². The zero-order chi connectivity index (χ0) is 25.8. The van der Waals surface area contributed by atoms with E-state index in [-0.39, 0.29) is 6.61 Å². The van der Waals surface area contributed by atoms with Gasteiger partial charge in [0.1, 0.15) is 12.4 Å². The van der Waals surface area contributed by atoms with Crippen LogP contribution in [0.1, 0.15) is 75.8 Å². The highest BCUT2D eigenvalue weighted by molar-refractivity contribution is 5.87. The number of esters is 1.